The molecule has 2 rings (SSSR count). The van der Waals surface area contributed by atoms with E-state index in [1.54, 1.807) is 0 Å². The van der Waals surface area contributed by atoms with Crippen molar-refractivity contribution in [1.29, 1.82) is 0 Å². The number of thiocarbonyl (C=S) groups is 1. The Labute approximate surface area is 97.8 Å². The van der Waals surface area contributed by atoms with Crippen LogP contribution < -0.4 is 5.32 Å². The van der Waals surface area contributed by atoms with Gasteiger partial charge in [-0.3, -0.25) is 0 Å². The molecule has 0 aromatic heterocycles. The summed E-state index contributed by atoms with van der Waals surface area (Å²) >= 11 is 5.36. The lowest BCUT2D eigenvalue weighted by atomic mass is 10.1. The number of hydrogen-bond acceptors (Lipinski definition) is 2. The van der Waals surface area contributed by atoms with Gasteiger partial charge in [0, 0.05) is 26.2 Å². The lowest BCUT2D eigenvalue weighted by molar-refractivity contribution is 0.353. The monoisotopic (exact) mass is 227 g/mol. The van der Waals surface area contributed by atoms with Crippen molar-refractivity contribution in [2.24, 2.45) is 5.92 Å². The van der Waals surface area contributed by atoms with Gasteiger partial charge in [-0.1, -0.05) is 0 Å². The molecule has 1 saturated heterocycles. The molecule has 1 atom stereocenters. The Hall–Kier alpha value is -0.350. The molecule has 3 nitrogen and oxygen atoms in total. The third kappa shape index (κ3) is 3.31. The van der Waals surface area contributed by atoms with Gasteiger partial charge in [-0.15, -0.1) is 0 Å². The first-order chi connectivity index (χ1) is 7.15. The zero-order valence-electron chi connectivity index (χ0n) is 9.70. The Kier molecular flexibility index (Phi) is 3.46. The number of hydrogen-bond donors (Lipinski definition) is 1. The molecular formula is C11H21N3S. The van der Waals surface area contributed by atoms with Gasteiger partial charge in [0.1, 0.15) is 0 Å². The Balaban J connectivity index is 1.70. The average molecular weight is 227 g/mol. The third-order valence-electron chi connectivity index (χ3n) is 3.27. The second-order valence-electron chi connectivity index (χ2n) is 5.02. The summed E-state index contributed by atoms with van der Waals surface area (Å²) in [6.45, 7) is 3.56. The number of nitrogens with zero attached hydrogens (tertiary/aromatic N) is 2. The van der Waals surface area contributed by atoms with Gasteiger partial charge in [0.25, 0.3) is 0 Å². The van der Waals surface area contributed by atoms with E-state index in [1.165, 1.54) is 32.4 Å². The molecule has 1 heterocycles. The summed E-state index contributed by atoms with van der Waals surface area (Å²) in [7, 11) is 4.30. The van der Waals surface area contributed by atoms with Crippen LogP contribution in [0.2, 0.25) is 0 Å². The molecule has 0 amide bonds. The van der Waals surface area contributed by atoms with Crippen molar-refractivity contribution in [1.82, 2.24) is 15.1 Å². The molecule has 1 saturated carbocycles. The molecule has 0 spiro atoms. The van der Waals surface area contributed by atoms with Crippen molar-refractivity contribution in [2.75, 3.05) is 33.7 Å². The van der Waals surface area contributed by atoms with E-state index in [2.05, 4.69) is 29.2 Å². The van der Waals surface area contributed by atoms with E-state index < -0.39 is 0 Å². The van der Waals surface area contributed by atoms with E-state index in [4.69, 9.17) is 12.2 Å². The standard InChI is InChI=1S/C11H21N3S/c1-13-6-5-9(7-13)8-14(2)11(15)12-10-3-4-10/h9-10H,3-8H2,1-2H3,(H,12,15). The highest BCUT2D eigenvalue weighted by atomic mass is 32.1. The number of rotatable bonds is 3. The minimum atomic E-state index is 0.672. The summed E-state index contributed by atoms with van der Waals surface area (Å²) in [6, 6.07) is 0.672. The fourth-order valence-corrected chi connectivity index (χ4v) is 2.40. The van der Waals surface area contributed by atoms with Gasteiger partial charge < -0.3 is 15.1 Å². The zero-order valence-corrected chi connectivity index (χ0v) is 10.5. The fourth-order valence-electron chi connectivity index (χ4n) is 2.16. The highest BCUT2D eigenvalue weighted by Crippen LogP contribution is 2.19. The first kappa shape index (κ1) is 11.1. The topological polar surface area (TPSA) is 18.5 Å². The Bertz CT molecular complexity index is 240. The van der Waals surface area contributed by atoms with Crippen LogP contribution in [0.3, 0.4) is 0 Å². The maximum absolute atomic E-state index is 5.36. The molecule has 2 fully saturated rings. The van der Waals surface area contributed by atoms with Gasteiger partial charge in [-0.2, -0.15) is 0 Å². The molecule has 15 heavy (non-hydrogen) atoms. The van der Waals surface area contributed by atoms with Crippen molar-refractivity contribution in [3.8, 4) is 0 Å². The van der Waals surface area contributed by atoms with E-state index in [9.17, 15) is 0 Å². The molecule has 0 bridgehead atoms. The van der Waals surface area contributed by atoms with Crippen molar-refractivity contribution >= 4 is 17.3 Å². The lowest BCUT2D eigenvalue weighted by Gasteiger charge is -2.24. The molecule has 4 heteroatoms. The summed E-state index contributed by atoms with van der Waals surface area (Å²) < 4.78 is 0. The minimum Gasteiger partial charge on any atom is -0.360 e. The third-order valence-corrected chi connectivity index (χ3v) is 3.70. The molecule has 1 aliphatic carbocycles. The second-order valence-corrected chi connectivity index (χ2v) is 5.41. The molecule has 0 aromatic carbocycles. The van der Waals surface area contributed by atoms with E-state index in [1.807, 2.05) is 0 Å². The normalized spacial score (nSPS) is 26.7. The molecule has 1 N–H and O–H groups in total. The first-order valence-corrected chi connectivity index (χ1v) is 6.26. The quantitative estimate of drug-likeness (QED) is 0.722. The van der Waals surface area contributed by atoms with Gasteiger partial charge in [-0.25, -0.2) is 0 Å². The largest absolute Gasteiger partial charge is 0.360 e. The molecule has 1 unspecified atom stereocenters. The summed E-state index contributed by atoms with van der Waals surface area (Å²) in [4.78, 5) is 4.60. The van der Waals surface area contributed by atoms with E-state index >= 15 is 0 Å². The van der Waals surface area contributed by atoms with Crippen LogP contribution in [0.5, 0.6) is 0 Å². The van der Waals surface area contributed by atoms with Crippen molar-refractivity contribution < 1.29 is 0 Å². The van der Waals surface area contributed by atoms with Gasteiger partial charge in [-0.05, 0) is 51.0 Å². The Morgan fingerprint density at radius 1 is 1.47 bits per heavy atom. The molecule has 0 aromatic rings. The first-order valence-electron chi connectivity index (χ1n) is 5.85. The van der Waals surface area contributed by atoms with Crippen LogP contribution in [0.4, 0.5) is 0 Å². The van der Waals surface area contributed by atoms with Gasteiger partial charge in [0.15, 0.2) is 5.11 Å². The zero-order chi connectivity index (χ0) is 10.8. The van der Waals surface area contributed by atoms with Crippen LogP contribution in [-0.4, -0.2) is 54.7 Å². The highest BCUT2D eigenvalue weighted by molar-refractivity contribution is 7.80. The molecule has 86 valence electrons. The average Bonchev–Trinajstić information content (AvgIpc) is 2.90. The van der Waals surface area contributed by atoms with Gasteiger partial charge >= 0.3 is 0 Å². The molecule has 2 aliphatic rings. The number of likely N-dealkylation sites (tertiary alicyclic amines) is 1. The van der Waals surface area contributed by atoms with Crippen molar-refractivity contribution in [3.05, 3.63) is 0 Å². The van der Waals surface area contributed by atoms with Gasteiger partial charge in [0.2, 0.25) is 0 Å². The van der Waals surface area contributed by atoms with Crippen LogP contribution in [0.1, 0.15) is 19.3 Å². The summed E-state index contributed by atoms with van der Waals surface area (Å²) in [6.07, 6.45) is 3.90. The van der Waals surface area contributed by atoms with E-state index in [-0.39, 0.29) is 0 Å². The van der Waals surface area contributed by atoms with Crippen molar-refractivity contribution in [2.45, 2.75) is 25.3 Å². The van der Waals surface area contributed by atoms with Crippen LogP contribution >= 0.6 is 12.2 Å². The summed E-state index contributed by atoms with van der Waals surface area (Å²) in [5, 5.41) is 4.32. The van der Waals surface area contributed by atoms with E-state index in [0.717, 1.165) is 17.6 Å². The van der Waals surface area contributed by atoms with E-state index in [0.29, 0.717) is 6.04 Å². The maximum Gasteiger partial charge on any atom is 0.168 e. The van der Waals surface area contributed by atoms with Crippen LogP contribution in [-0.2, 0) is 0 Å². The molecular weight excluding hydrogens is 206 g/mol. The Morgan fingerprint density at radius 3 is 2.73 bits per heavy atom. The van der Waals surface area contributed by atoms with Crippen LogP contribution in [0, 0.1) is 5.92 Å². The molecule has 1 aliphatic heterocycles. The number of nitrogens with one attached hydrogen (secondary N) is 1. The minimum absolute atomic E-state index is 0.672. The fraction of sp³-hybridized carbons (Fsp3) is 0.909. The summed E-state index contributed by atoms with van der Waals surface area (Å²) in [5.41, 5.74) is 0. The van der Waals surface area contributed by atoms with Gasteiger partial charge in [0.05, 0.1) is 0 Å². The Morgan fingerprint density at radius 2 is 2.20 bits per heavy atom. The lowest BCUT2D eigenvalue weighted by Crippen LogP contribution is -2.41. The van der Waals surface area contributed by atoms with Crippen LogP contribution in [0.25, 0.3) is 0 Å². The highest BCUT2D eigenvalue weighted by Gasteiger charge is 2.25. The molecule has 0 radical (unpaired) electrons. The van der Waals surface area contributed by atoms with Crippen molar-refractivity contribution in [3.63, 3.8) is 0 Å². The summed E-state index contributed by atoms with van der Waals surface area (Å²) in [5.74, 6) is 0.791. The second kappa shape index (κ2) is 4.66. The smallest absolute Gasteiger partial charge is 0.168 e. The maximum atomic E-state index is 5.36. The predicted octanol–water partition coefficient (Wildman–Crippen LogP) is 0.907. The predicted molar refractivity (Wildman–Crippen MR) is 67.0 cm³/mol. The SMILES string of the molecule is CN1CCC(CN(C)C(=S)NC2CC2)C1. The van der Waals surface area contributed by atoms with Crippen LogP contribution in [0.15, 0.2) is 0 Å².